The number of phenolic OH excluding ortho intramolecular Hbond substituents is 1. The van der Waals surface area contributed by atoms with Crippen LogP contribution in [0.5, 0.6) is 5.75 Å². The molecule has 2 aromatic rings. The largest absolute Gasteiger partial charge is 0.508 e. The van der Waals surface area contributed by atoms with Crippen LogP contribution in [0.3, 0.4) is 0 Å². The molecule has 1 N–H and O–H groups in total. The molecule has 76 valence electrons. The molecular formula is C14H14O. The number of rotatable bonds is 2. The van der Waals surface area contributed by atoms with Crippen molar-refractivity contribution in [1.29, 1.82) is 0 Å². The third kappa shape index (κ3) is 2.18. The summed E-state index contributed by atoms with van der Waals surface area (Å²) < 4.78 is 38.8. The van der Waals surface area contributed by atoms with Crippen molar-refractivity contribution in [1.82, 2.24) is 0 Å². The van der Waals surface area contributed by atoms with Gasteiger partial charge in [0, 0.05) is 5.92 Å². The van der Waals surface area contributed by atoms with Gasteiger partial charge in [0.2, 0.25) is 0 Å². The van der Waals surface area contributed by atoms with Gasteiger partial charge >= 0.3 is 0 Å². The van der Waals surface area contributed by atoms with Crippen LogP contribution in [0.2, 0.25) is 0 Å². The molecule has 2 aromatic carbocycles. The Morgan fingerprint density at radius 2 is 1.60 bits per heavy atom. The zero-order valence-corrected chi connectivity index (χ0v) is 8.33. The highest BCUT2D eigenvalue weighted by Crippen LogP contribution is 2.24. The van der Waals surface area contributed by atoms with Gasteiger partial charge in [-0.1, -0.05) is 49.3 Å². The van der Waals surface area contributed by atoms with E-state index in [1.54, 1.807) is 19.1 Å². The Bertz CT molecular complexity index is 623. The SMILES string of the molecule is [2H]c1c([2H])c([2H])c(C(C)c2ccc(O)cc2)c([2H])c1[2H]. The molecule has 0 aliphatic carbocycles. The molecule has 0 saturated heterocycles. The number of phenols is 1. The highest BCUT2D eigenvalue weighted by molar-refractivity contribution is 5.34. The molecule has 15 heavy (non-hydrogen) atoms. The first-order valence-electron chi connectivity index (χ1n) is 7.20. The van der Waals surface area contributed by atoms with E-state index < -0.39 is 0 Å². The first-order valence-corrected chi connectivity index (χ1v) is 4.70. The second-order valence-corrected chi connectivity index (χ2v) is 3.35. The van der Waals surface area contributed by atoms with E-state index in [0.29, 0.717) is 0 Å². The molecule has 2 rings (SSSR count). The minimum absolute atomic E-state index is 0.127. The van der Waals surface area contributed by atoms with Gasteiger partial charge in [-0.25, -0.2) is 0 Å². The van der Waals surface area contributed by atoms with Crippen molar-refractivity contribution in [2.75, 3.05) is 0 Å². The fraction of sp³-hybridized carbons (Fsp3) is 0.143. The first kappa shape index (κ1) is 5.36. The van der Waals surface area contributed by atoms with Crippen LogP contribution in [0.1, 0.15) is 30.8 Å². The third-order valence-electron chi connectivity index (χ3n) is 2.35. The average molecular weight is 203 g/mol. The lowest BCUT2D eigenvalue weighted by atomic mass is 9.93. The van der Waals surface area contributed by atoms with E-state index in [9.17, 15) is 5.11 Å². The van der Waals surface area contributed by atoms with Gasteiger partial charge in [-0.05, 0) is 23.3 Å². The van der Waals surface area contributed by atoms with Crippen LogP contribution >= 0.6 is 0 Å². The molecule has 0 aliphatic heterocycles. The van der Waals surface area contributed by atoms with Crippen LogP contribution in [0, 0.1) is 0 Å². The molecule has 1 unspecified atom stereocenters. The summed E-state index contributed by atoms with van der Waals surface area (Å²) in [6, 6.07) is 4.98. The van der Waals surface area contributed by atoms with E-state index in [1.165, 1.54) is 12.1 Å². The molecule has 1 nitrogen and oxygen atoms in total. The number of benzene rings is 2. The molecule has 0 fully saturated rings. The van der Waals surface area contributed by atoms with Crippen LogP contribution in [0.25, 0.3) is 0 Å². The summed E-state index contributed by atoms with van der Waals surface area (Å²) in [5.41, 5.74) is 1.04. The Morgan fingerprint density at radius 3 is 2.20 bits per heavy atom. The summed E-state index contributed by atoms with van der Waals surface area (Å²) in [5, 5.41) is 9.28. The fourth-order valence-electron chi connectivity index (χ4n) is 1.41. The molecular weight excluding hydrogens is 184 g/mol. The zero-order valence-electron chi connectivity index (χ0n) is 13.3. The van der Waals surface area contributed by atoms with Crippen molar-refractivity contribution in [2.24, 2.45) is 0 Å². The monoisotopic (exact) mass is 203 g/mol. The van der Waals surface area contributed by atoms with E-state index in [0.717, 1.165) is 5.56 Å². The number of hydrogen-bond acceptors (Lipinski definition) is 1. The normalized spacial score (nSPS) is 17.0. The van der Waals surface area contributed by atoms with Crippen molar-refractivity contribution in [3.63, 3.8) is 0 Å². The molecule has 0 spiro atoms. The Morgan fingerprint density at radius 1 is 1.00 bits per heavy atom. The summed E-state index contributed by atoms with van der Waals surface area (Å²) in [7, 11) is 0. The first-order chi connectivity index (χ1) is 9.34. The van der Waals surface area contributed by atoms with E-state index in [4.69, 9.17) is 6.85 Å². The molecule has 0 amide bonds. The maximum Gasteiger partial charge on any atom is 0.115 e. The predicted octanol–water partition coefficient (Wildman–Crippen LogP) is 3.54. The Labute approximate surface area is 97.0 Å². The molecule has 1 heteroatoms. The van der Waals surface area contributed by atoms with E-state index in [2.05, 4.69) is 0 Å². The van der Waals surface area contributed by atoms with E-state index in [1.807, 2.05) is 0 Å². The van der Waals surface area contributed by atoms with Crippen molar-refractivity contribution < 1.29 is 12.0 Å². The van der Waals surface area contributed by atoms with E-state index in [-0.39, 0.29) is 47.4 Å². The number of aromatic hydroxyl groups is 1. The van der Waals surface area contributed by atoms with Crippen molar-refractivity contribution in [2.45, 2.75) is 12.8 Å². The smallest absolute Gasteiger partial charge is 0.115 e. The second kappa shape index (κ2) is 4.18. The van der Waals surface area contributed by atoms with Crippen LogP contribution in [0.4, 0.5) is 0 Å². The van der Waals surface area contributed by atoms with Gasteiger partial charge < -0.3 is 5.11 Å². The molecule has 1 atom stereocenters. The minimum Gasteiger partial charge on any atom is -0.508 e. The summed E-state index contributed by atoms with van der Waals surface area (Å²) in [6.07, 6.45) is 0. The zero-order chi connectivity index (χ0) is 15.0. The molecule has 0 heterocycles. The van der Waals surface area contributed by atoms with Gasteiger partial charge in [0.15, 0.2) is 0 Å². The molecule has 0 saturated carbocycles. The van der Waals surface area contributed by atoms with Crippen LogP contribution < -0.4 is 0 Å². The summed E-state index contributed by atoms with van der Waals surface area (Å²) in [6.45, 7) is 1.78. The number of hydrogen-bond donors (Lipinski definition) is 1. The van der Waals surface area contributed by atoms with Crippen LogP contribution in [-0.4, -0.2) is 5.11 Å². The molecule has 0 aliphatic rings. The third-order valence-corrected chi connectivity index (χ3v) is 2.35. The fourth-order valence-corrected chi connectivity index (χ4v) is 1.41. The van der Waals surface area contributed by atoms with Crippen LogP contribution in [0.15, 0.2) is 54.5 Å². The molecule has 0 aromatic heterocycles. The lowest BCUT2D eigenvalue weighted by Crippen LogP contribution is -1.94. The average Bonchev–Trinajstić information content (AvgIpc) is 2.44. The summed E-state index contributed by atoms with van der Waals surface area (Å²) in [4.78, 5) is 0. The lowest BCUT2D eigenvalue weighted by molar-refractivity contribution is 0.475. The van der Waals surface area contributed by atoms with Gasteiger partial charge in [-0.15, -0.1) is 0 Å². The maximum absolute atomic E-state index is 9.28. The maximum atomic E-state index is 9.28. The van der Waals surface area contributed by atoms with Gasteiger partial charge in [0.05, 0.1) is 6.85 Å². The Kier molecular flexibility index (Phi) is 1.49. The second-order valence-electron chi connectivity index (χ2n) is 3.35. The van der Waals surface area contributed by atoms with E-state index >= 15 is 0 Å². The summed E-state index contributed by atoms with van der Waals surface area (Å²) >= 11 is 0. The molecule has 0 radical (unpaired) electrons. The topological polar surface area (TPSA) is 20.2 Å². The van der Waals surface area contributed by atoms with Crippen molar-refractivity contribution >= 4 is 0 Å². The van der Waals surface area contributed by atoms with Crippen LogP contribution in [-0.2, 0) is 0 Å². The quantitative estimate of drug-likeness (QED) is 0.791. The van der Waals surface area contributed by atoms with Gasteiger partial charge in [0.25, 0.3) is 0 Å². The Hall–Kier alpha value is -1.76. The van der Waals surface area contributed by atoms with Crippen molar-refractivity contribution in [3.8, 4) is 5.75 Å². The predicted molar refractivity (Wildman–Crippen MR) is 62.1 cm³/mol. The standard InChI is InChI=1S/C14H14O/c1-11(12-5-3-2-4-6-12)13-7-9-14(15)10-8-13/h2-11,15H,1H3/i2D,3D,4D,5D,6D. The molecule has 0 bridgehead atoms. The minimum atomic E-state index is -0.387. The van der Waals surface area contributed by atoms with Gasteiger partial charge in [-0.3, -0.25) is 0 Å². The van der Waals surface area contributed by atoms with Gasteiger partial charge in [0.1, 0.15) is 5.75 Å². The lowest BCUT2D eigenvalue weighted by Gasteiger charge is -2.12. The van der Waals surface area contributed by atoms with Crippen molar-refractivity contribution in [3.05, 3.63) is 65.6 Å². The Balaban J connectivity index is 2.60. The highest BCUT2D eigenvalue weighted by atomic mass is 16.3. The summed E-state index contributed by atoms with van der Waals surface area (Å²) in [5.74, 6) is -0.230. The van der Waals surface area contributed by atoms with Gasteiger partial charge in [-0.2, -0.15) is 0 Å². The highest BCUT2D eigenvalue weighted by Gasteiger charge is 2.06.